The van der Waals surface area contributed by atoms with Crippen LogP contribution in [0, 0.1) is 0 Å². The highest BCUT2D eigenvalue weighted by Crippen LogP contribution is 2.39. The predicted molar refractivity (Wildman–Crippen MR) is 144 cm³/mol. The van der Waals surface area contributed by atoms with Gasteiger partial charge < -0.3 is 30.1 Å². The minimum atomic E-state index is -1.47. The number of methoxy groups -OCH3 is 1. The fourth-order valence-corrected chi connectivity index (χ4v) is 6.46. The predicted octanol–water partition coefficient (Wildman–Crippen LogP) is 2.05. The van der Waals surface area contributed by atoms with E-state index >= 15 is 0 Å². The number of fused-ring (bicyclic) bond motifs is 1. The summed E-state index contributed by atoms with van der Waals surface area (Å²) < 4.78 is 5.69. The van der Waals surface area contributed by atoms with E-state index in [1.54, 1.807) is 12.0 Å². The maximum atomic E-state index is 13.5. The van der Waals surface area contributed by atoms with Crippen molar-refractivity contribution >= 4 is 34.8 Å². The van der Waals surface area contributed by atoms with Gasteiger partial charge in [0.15, 0.2) is 0 Å². The lowest BCUT2D eigenvalue weighted by atomic mass is 10.00. The number of hydrogen-bond acceptors (Lipinski definition) is 8. The number of rotatable bonds is 6. The molecule has 0 aromatic heterocycles. The van der Waals surface area contributed by atoms with Crippen molar-refractivity contribution < 1.29 is 14.3 Å². The SMILES string of the molecule is CCC1CN(C)C2=C(N[C@@](N)(Nc3cc4c(cc3OC)CCCN4C(=O)CCl)NC2=O)N1C1CCCC1. The first-order chi connectivity index (χ1) is 17.8. The number of benzene rings is 1. The van der Waals surface area contributed by atoms with Crippen LogP contribution < -0.4 is 31.3 Å². The summed E-state index contributed by atoms with van der Waals surface area (Å²) in [5.41, 5.74) is 9.78. The third kappa shape index (κ3) is 4.65. The van der Waals surface area contributed by atoms with E-state index in [0.29, 0.717) is 29.7 Å². The molecule has 10 nitrogen and oxygen atoms in total. The highest BCUT2D eigenvalue weighted by Gasteiger charge is 2.46. The van der Waals surface area contributed by atoms with Crippen LogP contribution in [0.1, 0.15) is 51.0 Å². The van der Waals surface area contributed by atoms with Gasteiger partial charge in [0.25, 0.3) is 5.91 Å². The molecule has 2 amide bonds. The van der Waals surface area contributed by atoms with Crippen molar-refractivity contribution in [3.8, 4) is 5.75 Å². The Kier molecular flexibility index (Phi) is 7.06. The molecule has 1 aromatic carbocycles. The standard InChI is InChI=1S/C26H38ClN7O3/c1-4-17-15-32(2)23-24(34(17)18-9-5-6-10-18)30-26(28,31-25(23)36)29-19-13-20-16(12-21(19)37-3)8-7-11-33(20)22(35)14-27/h12-13,17-18,29-30H,4-11,14-15,28H2,1-3H3,(H,31,36)/t17?,26-/m1/s1. The zero-order valence-corrected chi connectivity index (χ0v) is 22.7. The van der Waals surface area contributed by atoms with Crippen molar-refractivity contribution in [2.24, 2.45) is 5.73 Å². The molecule has 2 atom stereocenters. The molecule has 1 fully saturated rings. The van der Waals surface area contributed by atoms with Gasteiger partial charge in [0, 0.05) is 37.9 Å². The number of anilines is 2. The molecule has 0 bridgehead atoms. The Balaban J connectivity index is 1.50. The number of hydrogen-bond donors (Lipinski definition) is 4. The first-order valence-electron chi connectivity index (χ1n) is 13.3. The Labute approximate surface area is 223 Å². The number of carbonyl (C=O) groups is 2. The van der Waals surface area contributed by atoms with Crippen molar-refractivity contribution in [2.75, 3.05) is 43.3 Å². The molecule has 5 rings (SSSR count). The first-order valence-corrected chi connectivity index (χ1v) is 13.8. The number of ether oxygens (including phenoxy) is 1. The molecule has 0 saturated heterocycles. The van der Waals surface area contributed by atoms with E-state index in [1.807, 2.05) is 24.1 Å². The van der Waals surface area contributed by atoms with Gasteiger partial charge in [0.1, 0.15) is 23.1 Å². The number of aryl methyl sites for hydroxylation is 1. The van der Waals surface area contributed by atoms with Crippen LogP contribution in [-0.4, -0.2) is 72.7 Å². The Bertz CT molecular complexity index is 1110. The molecule has 202 valence electrons. The third-order valence-electron chi connectivity index (χ3n) is 8.04. The van der Waals surface area contributed by atoms with E-state index in [0.717, 1.165) is 55.7 Å². The minimum Gasteiger partial charge on any atom is -0.495 e. The van der Waals surface area contributed by atoms with Gasteiger partial charge in [-0.3, -0.25) is 20.6 Å². The van der Waals surface area contributed by atoms with Crippen molar-refractivity contribution in [2.45, 2.75) is 69.9 Å². The molecular formula is C26H38ClN7O3. The third-order valence-corrected chi connectivity index (χ3v) is 8.27. The van der Waals surface area contributed by atoms with Gasteiger partial charge in [-0.2, -0.15) is 0 Å². The monoisotopic (exact) mass is 531 g/mol. The Morgan fingerprint density at radius 2 is 2.03 bits per heavy atom. The molecule has 0 spiro atoms. The normalized spacial score (nSPS) is 25.9. The lowest BCUT2D eigenvalue weighted by molar-refractivity contribution is -0.123. The molecule has 1 unspecified atom stereocenters. The average Bonchev–Trinajstić information content (AvgIpc) is 3.41. The largest absolute Gasteiger partial charge is 0.495 e. The van der Waals surface area contributed by atoms with E-state index < -0.39 is 5.91 Å². The number of alkyl halides is 1. The summed E-state index contributed by atoms with van der Waals surface area (Å²) in [6, 6.07) is 4.44. The number of nitrogens with zero attached hydrogens (tertiary/aromatic N) is 3. The minimum absolute atomic E-state index is 0.0906. The number of likely N-dealkylation sites (N-methyl/N-ethyl adjacent to an activating group) is 1. The quantitative estimate of drug-likeness (QED) is 0.326. The number of carbonyl (C=O) groups excluding carboxylic acids is 2. The van der Waals surface area contributed by atoms with E-state index in [9.17, 15) is 9.59 Å². The molecule has 3 aliphatic heterocycles. The second-order valence-corrected chi connectivity index (χ2v) is 10.7. The molecule has 1 aromatic rings. The van der Waals surface area contributed by atoms with Gasteiger partial charge in [-0.25, -0.2) is 0 Å². The fraction of sp³-hybridized carbons (Fsp3) is 0.615. The lowest BCUT2D eigenvalue weighted by Gasteiger charge is -2.52. The molecule has 5 N–H and O–H groups in total. The number of halogens is 1. The van der Waals surface area contributed by atoms with Crippen LogP contribution in [0.2, 0.25) is 0 Å². The van der Waals surface area contributed by atoms with Crippen LogP contribution in [0.5, 0.6) is 5.75 Å². The van der Waals surface area contributed by atoms with Crippen molar-refractivity contribution in [1.29, 1.82) is 0 Å². The van der Waals surface area contributed by atoms with Gasteiger partial charge >= 0.3 is 0 Å². The second-order valence-electron chi connectivity index (χ2n) is 10.5. The molecule has 37 heavy (non-hydrogen) atoms. The molecule has 0 radical (unpaired) electrons. The average molecular weight is 532 g/mol. The molecule has 1 saturated carbocycles. The van der Waals surface area contributed by atoms with E-state index in [2.05, 4.69) is 27.8 Å². The van der Waals surface area contributed by atoms with Gasteiger partial charge in [0.05, 0.1) is 12.8 Å². The van der Waals surface area contributed by atoms with Crippen molar-refractivity contribution in [3.05, 3.63) is 29.2 Å². The summed E-state index contributed by atoms with van der Waals surface area (Å²) in [6.07, 6.45) is 7.25. The summed E-state index contributed by atoms with van der Waals surface area (Å²) in [7, 11) is 3.55. The highest BCUT2D eigenvalue weighted by molar-refractivity contribution is 6.29. The van der Waals surface area contributed by atoms with Gasteiger partial charge in [-0.1, -0.05) is 19.8 Å². The summed E-state index contributed by atoms with van der Waals surface area (Å²) in [4.78, 5) is 32.1. The molecule has 4 aliphatic rings. The van der Waals surface area contributed by atoms with Gasteiger partial charge in [-0.05, 0) is 49.8 Å². The number of nitrogens with one attached hydrogen (secondary N) is 3. The topological polar surface area (TPSA) is 115 Å². The Morgan fingerprint density at radius 1 is 1.27 bits per heavy atom. The van der Waals surface area contributed by atoms with Crippen LogP contribution in [-0.2, 0) is 16.0 Å². The number of nitrogens with two attached hydrogens (primary N) is 1. The van der Waals surface area contributed by atoms with Crippen LogP contribution in [0.25, 0.3) is 0 Å². The lowest BCUT2D eigenvalue weighted by Crippen LogP contribution is -2.76. The van der Waals surface area contributed by atoms with Gasteiger partial charge in [-0.15, -0.1) is 11.6 Å². The van der Waals surface area contributed by atoms with Gasteiger partial charge in [0.2, 0.25) is 11.8 Å². The highest BCUT2D eigenvalue weighted by atomic mass is 35.5. The van der Waals surface area contributed by atoms with Crippen LogP contribution in [0.15, 0.2) is 23.7 Å². The smallest absolute Gasteiger partial charge is 0.275 e. The maximum absolute atomic E-state index is 13.5. The van der Waals surface area contributed by atoms with Crippen LogP contribution in [0.4, 0.5) is 11.4 Å². The summed E-state index contributed by atoms with van der Waals surface area (Å²) in [5.74, 6) is -0.600. The fourth-order valence-electron chi connectivity index (χ4n) is 6.31. The Morgan fingerprint density at radius 3 is 2.70 bits per heavy atom. The molecule has 1 aliphatic carbocycles. The zero-order chi connectivity index (χ0) is 26.3. The van der Waals surface area contributed by atoms with E-state index in [-0.39, 0.29) is 23.7 Å². The molecule has 11 heteroatoms. The second kappa shape index (κ2) is 10.1. The van der Waals surface area contributed by atoms with Crippen LogP contribution in [0.3, 0.4) is 0 Å². The first kappa shape index (κ1) is 25.8. The summed E-state index contributed by atoms with van der Waals surface area (Å²) >= 11 is 5.89. The summed E-state index contributed by atoms with van der Waals surface area (Å²) in [6.45, 7) is 3.58. The van der Waals surface area contributed by atoms with E-state index in [1.165, 1.54) is 12.8 Å². The maximum Gasteiger partial charge on any atom is 0.275 e. The molecular weight excluding hydrogens is 494 g/mol. The number of amides is 2. The van der Waals surface area contributed by atoms with E-state index in [4.69, 9.17) is 22.1 Å². The van der Waals surface area contributed by atoms with Crippen LogP contribution >= 0.6 is 11.6 Å². The zero-order valence-electron chi connectivity index (χ0n) is 21.9. The summed E-state index contributed by atoms with van der Waals surface area (Å²) in [5, 5.41) is 9.66. The molecule has 3 heterocycles. The van der Waals surface area contributed by atoms with Crippen molar-refractivity contribution in [1.82, 2.24) is 20.4 Å². The van der Waals surface area contributed by atoms with Crippen molar-refractivity contribution in [3.63, 3.8) is 0 Å². The Hall–Kier alpha value is -2.85.